The molecule has 0 bridgehead atoms. The summed E-state index contributed by atoms with van der Waals surface area (Å²) < 4.78 is 0. The molecule has 2 N–H and O–H groups in total. The van der Waals surface area contributed by atoms with Crippen molar-refractivity contribution >= 4 is 11.8 Å². The van der Waals surface area contributed by atoms with Crippen molar-refractivity contribution in [3.63, 3.8) is 0 Å². The van der Waals surface area contributed by atoms with Crippen LogP contribution in [0.1, 0.15) is 11.6 Å². The van der Waals surface area contributed by atoms with Crippen LogP contribution in [-0.2, 0) is 0 Å². The van der Waals surface area contributed by atoms with Gasteiger partial charge in [-0.25, -0.2) is 0 Å². The van der Waals surface area contributed by atoms with Gasteiger partial charge in [0.25, 0.3) is 0 Å². The van der Waals surface area contributed by atoms with Crippen LogP contribution in [0, 0.1) is 0 Å². The van der Waals surface area contributed by atoms with Gasteiger partial charge in [-0.2, -0.15) is 11.8 Å². The van der Waals surface area contributed by atoms with Crippen LogP contribution in [0.4, 0.5) is 0 Å². The maximum Gasteiger partial charge on any atom is 0.0521 e. The third-order valence-corrected chi connectivity index (χ3v) is 3.11. The summed E-state index contributed by atoms with van der Waals surface area (Å²) >= 11 is 1.77. The Morgan fingerprint density at radius 3 is 2.64 bits per heavy atom. The third kappa shape index (κ3) is 3.70. The molecule has 0 aromatic heterocycles. The average Bonchev–Trinajstić information content (AvgIpc) is 2.26. The van der Waals surface area contributed by atoms with Gasteiger partial charge in [-0.15, -0.1) is 0 Å². The molecule has 1 atom stereocenters. The molecule has 2 nitrogen and oxygen atoms in total. The fraction of sp³-hybridized carbons (Fsp3) is 0.455. The quantitative estimate of drug-likeness (QED) is 0.702. The molecule has 0 aliphatic heterocycles. The number of rotatable bonds is 6. The summed E-state index contributed by atoms with van der Waals surface area (Å²) in [6.07, 6.45) is 0. The molecule has 0 aliphatic carbocycles. The first-order valence-corrected chi connectivity index (χ1v) is 5.94. The number of aliphatic hydroxyl groups is 1. The molecule has 1 rings (SSSR count). The zero-order valence-electron chi connectivity index (χ0n) is 8.44. The Hall–Kier alpha value is -0.510. The van der Waals surface area contributed by atoms with Gasteiger partial charge in [-0.05, 0) is 12.6 Å². The molecule has 0 radical (unpaired) electrons. The topological polar surface area (TPSA) is 32.3 Å². The number of benzene rings is 1. The van der Waals surface area contributed by atoms with E-state index in [9.17, 15) is 0 Å². The van der Waals surface area contributed by atoms with Gasteiger partial charge < -0.3 is 10.4 Å². The van der Waals surface area contributed by atoms with Gasteiger partial charge in [0.2, 0.25) is 0 Å². The van der Waals surface area contributed by atoms with E-state index in [1.165, 1.54) is 5.56 Å². The zero-order chi connectivity index (χ0) is 10.2. The van der Waals surface area contributed by atoms with Crippen molar-refractivity contribution in [3.8, 4) is 0 Å². The third-order valence-electron chi connectivity index (χ3n) is 2.07. The largest absolute Gasteiger partial charge is 0.396 e. The standard InChI is InChI=1S/C11H17NOS/c1-12-11(9-14-8-7-13)10-5-3-2-4-6-10/h2-6,11-13H,7-9H2,1H3. The minimum absolute atomic E-state index is 0.260. The second kappa shape index (κ2) is 6.87. The predicted molar refractivity (Wildman–Crippen MR) is 62.7 cm³/mol. The van der Waals surface area contributed by atoms with Gasteiger partial charge in [-0.1, -0.05) is 30.3 Å². The molecule has 0 saturated carbocycles. The summed E-state index contributed by atoms with van der Waals surface area (Å²) in [6, 6.07) is 10.8. The fourth-order valence-electron chi connectivity index (χ4n) is 1.30. The maximum atomic E-state index is 8.68. The van der Waals surface area contributed by atoms with E-state index >= 15 is 0 Å². The van der Waals surface area contributed by atoms with Gasteiger partial charge >= 0.3 is 0 Å². The highest BCUT2D eigenvalue weighted by Crippen LogP contribution is 2.17. The van der Waals surface area contributed by atoms with E-state index in [0.29, 0.717) is 6.04 Å². The predicted octanol–water partition coefficient (Wildman–Crippen LogP) is 1.67. The van der Waals surface area contributed by atoms with Crippen molar-refractivity contribution < 1.29 is 5.11 Å². The zero-order valence-corrected chi connectivity index (χ0v) is 9.26. The van der Waals surface area contributed by atoms with Crippen LogP contribution in [-0.4, -0.2) is 30.3 Å². The molecule has 0 amide bonds. The van der Waals surface area contributed by atoms with Crippen molar-refractivity contribution in [2.75, 3.05) is 25.2 Å². The van der Waals surface area contributed by atoms with Crippen LogP contribution < -0.4 is 5.32 Å². The van der Waals surface area contributed by atoms with E-state index < -0.39 is 0 Å². The second-order valence-electron chi connectivity index (χ2n) is 3.05. The molecule has 78 valence electrons. The fourth-order valence-corrected chi connectivity index (χ4v) is 2.19. The maximum absolute atomic E-state index is 8.68. The number of aliphatic hydroxyl groups excluding tert-OH is 1. The van der Waals surface area contributed by atoms with E-state index in [1.54, 1.807) is 11.8 Å². The first-order chi connectivity index (χ1) is 6.88. The molecule has 0 aliphatic rings. The lowest BCUT2D eigenvalue weighted by Gasteiger charge is -2.15. The van der Waals surface area contributed by atoms with Crippen molar-refractivity contribution in [3.05, 3.63) is 35.9 Å². The molecular formula is C11H17NOS. The molecule has 3 heteroatoms. The van der Waals surface area contributed by atoms with Crippen molar-refractivity contribution in [1.82, 2.24) is 5.32 Å². The Morgan fingerprint density at radius 1 is 1.36 bits per heavy atom. The first kappa shape index (κ1) is 11.6. The minimum atomic E-state index is 0.260. The number of nitrogens with one attached hydrogen (secondary N) is 1. The molecule has 1 aromatic carbocycles. The van der Waals surface area contributed by atoms with Crippen LogP contribution >= 0.6 is 11.8 Å². The van der Waals surface area contributed by atoms with E-state index in [2.05, 4.69) is 29.6 Å². The Morgan fingerprint density at radius 2 is 2.07 bits per heavy atom. The average molecular weight is 211 g/mol. The summed E-state index contributed by atoms with van der Waals surface area (Å²) in [5, 5.41) is 12.0. The highest BCUT2D eigenvalue weighted by molar-refractivity contribution is 7.99. The lowest BCUT2D eigenvalue weighted by molar-refractivity contribution is 0.322. The summed E-state index contributed by atoms with van der Waals surface area (Å²) in [5.41, 5.74) is 1.31. The Kier molecular flexibility index (Phi) is 5.68. The second-order valence-corrected chi connectivity index (χ2v) is 4.20. The number of hydrogen-bond donors (Lipinski definition) is 2. The summed E-state index contributed by atoms with van der Waals surface area (Å²) in [4.78, 5) is 0. The SMILES string of the molecule is CNC(CSCCO)c1ccccc1. The summed E-state index contributed by atoms with van der Waals surface area (Å²) in [5.74, 6) is 1.81. The highest BCUT2D eigenvalue weighted by atomic mass is 32.2. The molecule has 0 saturated heterocycles. The summed E-state index contributed by atoms with van der Waals surface area (Å²) in [7, 11) is 1.97. The number of hydrogen-bond acceptors (Lipinski definition) is 3. The molecule has 0 spiro atoms. The Labute approximate surface area is 89.7 Å². The van der Waals surface area contributed by atoms with Gasteiger partial charge in [0, 0.05) is 17.5 Å². The van der Waals surface area contributed by atoms with E-state index in [0.717, 1.165) is 11.5 Å². The molecule has 1 unspecified atom stereocenters. The van der Waals surface area contributed by atoms with Gasteiger partial charge in [0.1, 0.15) is 0 Å². The Bertz CT molecular complexity index is 240. The molecule has 0 fully saturated rings. The Balaban J connectivity index is 2.46. The molecule has 1 aromatic rings. The van der Waals surface area contributed by atoms with E-state index in [1.807, 2.05) is 13.1 Å². The lowest BCUT2D eigenvalue weighted by atomic mass is 10.1. The van der Waals surface area contributed by atoms with Gasteiger partial charge in [0.15, 0.2) is 0 Å². The molecular weight excluding hydrogens is 194 g/mol. The van der Waals surface area contributed by atoms with Crippen molar-refractivity contribution in [1.29, 1.82) is 0 Å². The van der Waals surface area contributed by atoms with E-state index in [-0.39, 0.29) is 6.61 Å². The molecule has 14 heavy (non-hydrogen) atoms. The van der Waals surface area contributed by atoms with Crippen molar-refractivity contribution in [2.24, 2.45) is 0 Å². The number of thioether (sulfide) groups is 1. The van der Waals surface area contributed by atoms with Crippen LogP contribution in [0.3, 0.4) is 0 Å². The van der Waals surface area contributed by atoms with Crippen LogP contribution in [0.5, 0.6) is 0 Å². The lowest BCUT2D eigenvalue weighted by Crippen LogP contribution is -2.18. The normalized spacial score (nSPS) is 12.7. The summed E-state index contributed by atoms with van der Waals surface area (Å²) in [6.45, 7) is 0.260. The minimum Gasteiger partial charge on any atom is -0.396 e. The highest BCUT2D eigenvalue weighted by Gasteiger charge is 2.07. The first-order valence-electron chi connectivity index (χ1n) is 4.79. The monoisotopic (exact) mass is 211 g/mol. The van der Waals surface area contributed by atoms with Gasteiger partial charge in [-0.3, -0.25) is 0 Å². The smallest absolute Gasteiger partial charge is 0.0521 e. The molecule has 0 heterocycles. The van der Waals surface area contributed by atoms with Crippen LogP contribution in [0.15, 0.2) is 30.3 Å². The van der Waals surface area contributed by atoms with E-state index in [4.69, 9.17) is 5.11 Å². The van der Waals surface area contributed by atoms with Gasteiger partial charge in [0.05, 0.1) is 6.61 Å². The van der Waals surface area contributed by atoms with Crippen LogP contribution in [0.25, 0.3) is 0 Å². The van der Waals surface area contributed by atoms with Crippen molar-refractivity contribution in [2.45, 2.75) is 6.04 Å². The van der Waals surface area contributed by atoms with Crippen LogP contribution in [0.2, 0.25) is 0 Å².